The Morgan fingerprint density at radius 1 is 1.25 bits per heavy atom. The summed E-state index contributed by atoms with van der Waals surface area (Å²) in [5, 5.41) is 7.39. The summed E-state index contributed by atoms with van der Waals surface area (Å²) in [6, 6.07) is 10.8. The van der Waals surface area contributed by atoms with E-state index in [2.05, 4.69) is 41.4 Å². The van der Waals surface area contributed by atoms with Crippen molar-refractivity contribution in [3.8, 4) is 0 Å². The first-order valence-corrected chi connectivity index (χ1v) is 7.95. The van der Waals surface area contributed by atoms with Gasteiger partial charge in [-0.15, -0.1) is 11.8 Å². The molecule has 1 aromatic heterocycles. The van der Waals surface area contributed by atoms with Crippen LogP contribution in [0.25, 0.3) is 0 Å². The van der Waals surface area contributed by atoms with Crippen molar-refractivity contribution in [1.29, 1.82) is 0 Å². The molecule has 0 bridgehead atoms. The van der Waals surface area contributed by atoms with Crippen LogP contribution in [0.1, 0.15) is 32.0 Å². The molecule has 1 aromatic carbocycles. The minimum absolute atomic E-state index is 0.524. The number of hydrogen-bond donors (Lipinski definition) is 1. The molecule has 2 rings (SSSR count). The first-order chi connectivity index (χ1) is 9.74. The molecule has 0 spiro atoms. The van der Waals surface area contributed by atoms with Gasteiger partial charge in [-0.2, -0.15) is 4.98 Å². The smallest absolute Gasteiger partial charge is 0.226 e. The van der Waals surface area contributed by atoms with Crippen molar-refractivity contribution in [2.75, 3.05) is 6.54 Å². The maximum atomic E-state index is 5.26. The number of nitrogens with one attached hydrogen (secondary N) is 1. The van der Waals surface area contributed by atoms with Crippen LogP contribution in [0.15, 0.2) is 39.8 Å². The standard InChI is InChI=1S/C15H21N3OS/c1-12(2)16-10-6-9-15-17-14(18-19-15)11-20-13-7-4-3-5-8-13/h3-5,7-8,12,16H,6,9-11H2,1-2H3. The van der Waals surface area contributed by atoms with E-state index < -0.39 is 0 Å². The van der Waals surface area contributed by atoms with Crippen LogP contribution in [0.3, 0.4) is 0 Å². The number of rotatable bonds is 8. The zero-order chi connectivity index (χ0) is 14.2. The Balaban J connectivity index is 1.72. The van der Waals surface area contributed by atoms with Gasteiger partial charge in [0.25, 0.3) is 0 Å². The normalized spacial score (nSPS) is 11.2. The molecule has 2 aromatic rings. The lowest BCUT2D eigenvalue weighted by molar-refractivity contribution is 0.370. The lowest BCUT2D eigenvalue weighted by atomic mass is 10.3. The fraction of sp³-hybridized carbons (Fsp3) is 0.467. The minimum Gasteiger partial charge on any atom is -0.339 e. The van der Waals surface area contributed by atoms with E-state index in [1.807, 2.05) is 18.2 Å². The van der Waals surface area contributed by atoms with E-state index >= 15 is 0 Å². The van der Waals surface area contributed by atoms with Gasteiger partial charge in [0.2, 0.25) is 5.89 Å². The Morgan fingerprint density at radius 3 is 2.80 bits per heavy atom. The Labute approximate surface area is 124 Å². The largest absolute Gasteiger partial charge is 0.339 e. The molecular formula is C15H21N3OS. The molecule has 0 saturated carbocycles. The summed E-state index contributed by atoms with van der Waals surface area (Å²) in [6.07, 6.45) is 1.86. The predicted molar refractivity (Wildman–Crippen MR) is 81.8 cm³/mol. The monoisotopic (exact) mass is 291 g/mol. The van der Waals surface area contributed by atoms with Crippen LogP contribution in [0.2, 0.25) is 0 Å². The van der Waals surface area contributed by atoms with Gasteiger partial charge in [0.1, 0.15) is 0 Å². The van der Waals surface area contributed by atoms with E-state index in [1.165, 1.54) is 4.90 Å². The third-order valence-corrected chi connectivity index (χ3v) is 3.75. The molecule has 0 amide bonds. The molecule has 0 aliphatic heterocycles. The van der Waals surface area contributed by atoms with Crippen LogP contribution >= 0.6 is 11.8 Å². The number of benzene rings is 1. The van der Waals surface area contributed by atoms with Gasteiger partial charge >= 0.3 is 0 Å². The van der Waals surface area contributed by atoms with Gasteiger partial charge in [-0.25, -0.2) is 0 Å². The van der Waals surface area contributed by atoms with Crippen molar-refractivity contribution < 1.29 is 4.52 Å². The maximum absolute atomic E-state index is 5.26. The highest BCUT2D eigenvalue weighted by molar-refractivity contribution is 7.98. The number of thioether (sulfide) groups is 1. The number of aromatic nitrogens is 2. The topological polar surface area (TPSA) is 51.0 Å². The van der Waals surface area contributed by atoms with Crippen molar-refractivity contribution in [3.05, 3.63) is 42.0 Å². The fourth-order valence-electron chi connectivity index (χ4n) is 1.75. The van der Waals surface area contributed by atoms with Gasteiger partial charge in [-0.05, 0) is 25.1 Å². The molecule has 0 radical (unpaired) electrons. The van der Waals surface area contributed by atoms with Crippen LogP contribution in [0.4, 0.5) is 0 Å². The van der Waals surface area contributed by atoms with Gasteiger partial charge in [0, 0.05) is 17.4 Å². The summed E-state index contributed by atoms with van der Waals surface area (Å²) in [7, 11) is 0. The van der Waals surface area contributed by atoms with Crippen molar-refractivity contribution in [2.24, 2.45) is 0 Å². The minimum atomic E-state index is 0.524. The molecule has 0 aliphatic carbocycles. The molecule has 5 heteroatoms. The SMILES string of the molecule is CC(C)NCCCc1nc(CSc2ccccc2)no1. The van der Waals surface area contributed by atoms with E-state index in [0.29, 0.717) is 6.04 Å². The van der Waals surface area contributed by atoms with Crippen LogP contribution in [-0.4, -0.2) is 22.7 Å². The van der Waals surface area contributed by atoms with E-state index in [9.17, 15) is 0 Å². The molecule has 4 nitrogen and oxygen atoms in total. The average Bonchev–Trinajstić information content (AvgIpc) is 2.90. The van der Waals surface area contributed by atoms with Gasteiger partial charge in [-0.1, -0.05) is 37.2 Å². The number of aryl methyl sites for hydroxylation is 1. The van der Waals surface area contributed by atoms with E-state index in [-0.39, 0.29) is 0 Å². The van der Waals surface area contributed by atoms with Crippen LogP contribution < -0.4 is 5.32 Å². The molecule has 20 heavy (non-hydrogen) atoms. The molecular weight excluding hydrogens is 270 g/mol. The van der Waals surface area contributed by atoms with Gasteiger partial charge in [0.15, 0.2) is 5.82 Å². The zero-order valence-corrected chi connectivity index (χ0v) is 12.8. The lowest BCUT2D eigenvalue weighted by Gasteiger charge is -2.05. The molecule has 0 fully saturated rings. The van der Waals surface area contributed by atoms with Crippen LogP contribution in [0, 0.1) is 0 Å². The third-order valence-electron chi connectivity index (χ3n) is 2.74. The van der Waals surface area contributed by atoms with Crippen molar-refractivity contribution >= 4 is 11.8 Å². The molecule has 1 N–H and O–H groups in total. The number of hydrogen-bond acceptors (Lipinski definition) is 5. The molecule has 0 saturated heterocycles. The van der Waals surface area contributed by atoms with E-state index in [0.717, 1.165) is 36.9 Å². The van der Waals surface area contributed by atoms with Crippen molar-refractivity contribution in [1.82, 2.24) is 15.5 Å². The predicted octanol–water partition coefficient (Wildman–Crippen LogP) is 3.29. The summed E-state index contributed by atoms with van der Waals surface area (Å²) in [6.45, 7) is 5.27. The zero-order valence-electron chi connectivity index (χ0n) is 12.0. The van der Waals surface area contributed by atoms with Gasteiger partial charge in [0.05, 0.1) is 5.75 Å². The quantitative estimate of drug-likeness (QED) is 0.597. The highest BCUT2D eigenvalue weighted by Gasteiger charge is 2.06. The summed E-state index contributed by atoms with van der Waals surface area (Å²) in [5.74, 6) is 2.25. The van der Waals surface area contributed by atoms with Gasteiger partial charge in [-0.3, -0.25) is 0 Å². The second-order valence-electron chi connectivity index (χ2n) is 4.92. The first kappa shape index (κ1) is 15.1. The van der Waals surface area contributed by atoms with Gasteiger partial charge < -0.3 is 9.84 Å². The Kier molecular flexibility index (Phi) is 6.08. The number of nitrogens with zero attached hydrogens (tertiary/aromatic N) is 2. The molecule has 108 valence electrons. The van der Waals surface area contributed by atoms with Crippen molar-refractivity contribution in [2.45, 2.75) is 43.4 Å². The Hall–Kier alpha value is -1.33. The second kappa shape index (κ2) is 8.07. The molecule has 0 atom stereocenters. The molecule has 0 aliphatic rings. The molecule has 1 heterocycles. The first-order valence-electron chi connectivity index (χ1n) is 6.97. The summed E-state index contributed by atoms with van der Waals surface area (Å²) in [4.78, 5) is 5.64. The highest BCUT2D eigenvalue weighted by Crippen LogP contribution is 2.20. The molecule has 0 unspecified atom stereocenters. The summed E-state index contributed by atoms with van der Waals surface area (Å²) in [5.41, 5.74) is 0. The van der Waals surface area contributed by atoms with E-state index in [1.54, 1.807) is 11.8 Å². The average molecular weight is 291 g/mol. The summed E-state index contributed by atoms with van der Waals surface area (Å²) >= 11 is 1.72. The van der Waals surface area contributed by atoms with Crippen molar-refractivity contribution in [3.63, 3.8) is 0 Å². The van der Waals surface area contributed by atoms with Crippen LogP contribution in [0.5, 0.6) is 0 Å². The third kappa shape index (κ3) is 5.35. The van der Waals surface area contributed by atoms with Crippen LogP contribution in [-0.2, 0) is 12.2 Å². The fourth-order valence-corrected chi connectivity index (χ4v) is 2.51. The maximum Gasteiger partial charge on any atom is 0.226 e. The summed E-state index contributed by atoms with van der Waals surface area (Å²) < 4.78 is 5.26. The Bertz CT molecular complexity index is 499. The second-order valence-corrected chi connectivity index (χ2v) is 5.97. The van der Waals surface area contributed by atoms with E-state index in [4.69, 9.17) is 4.52 Å². The lowest BCUT2D eigenvalue weighted by Crippen LogP contribution is -2.23. The highest BCUT2D eigenvalue weighted by atomic mass is 32.2. The Morgan fingerprint density at radius 2 is 2.05 bits per heavy atom.